The Kier molecular flexibility index (Phi) is 6.95. The Morgan fingerprint density at radius 3 is 2.16 bits per heavy atom. The maximum absolute atomic E-state index is 13.2. The van der Waals surface area contributed by atoms with Crippen molar-refractivity contribution >= 4 is 5.69 Å². The first-order valence-corrected chi connectivity index (χ1v) is 11.0. The molecule has 174 valence electrons. The van der Waals surface area contributed by atoms with Gasteiger partial charge in [-0.1, -0.05) is 0 Å². The Morgan fingerprint density at radius 2 is 1.50 bits per heavy atom. The van der Waals surface area contributed by atoms with Crippen LogP contribution in [0.25, 0.3) is 0 Å². The molecule has 0 bridgehead atoms. The number of nitrogens with zero attached hydrogens (tertiary/aromatic N) is 2. The van der Waals surface area contributed by atoms with Gasteiger partial charge in [-0.25, -0.2) is 8.78 Å². The molecule has 2 aromatic carbocycles. The van der Waals surface area contributed by atoms with E-state index < -0.39 is 11.2 Å². The van der Waals surface area contributed by atoms with E-state index in [4.69, 9.17) is 9.47 Å². The molecule has 2 aliphatic rings. The Morgan fingerprint density at radius 1 is 0.875 bits per heavy atom. The lowest BCUT2D eigenvalue weighted by Gasteiger charge is -2.42. The van der Waals surface area contributed by atoms with E-state index in [-0.39, 0.29) is 24.8 Å². The van der Waals surface area contributed by atoms with Crippen LogP contribution in [-0.2, 0) is 4.74 Å². The van der Waals surface area contributed by atoms with Gasteiger partial charge in [0.15, 0.2) is 0 Å². The van der Waals surface area contributed by atoms with Gasteiger partial charge >= 0.3 is 0 Å². The molecule has 0 radical (unpaired) electrons. The van der Waals surface area contributed by atoms with Gasteiger partial charge in [0.05, 0.1) is 18.8 Å². The van der Waals surface area contributed by atoms with Crippen LogP contribution in [0.4, 0.5) is 14.5 Å². The van der Waals surface area contributed by atoms with Crippen LogP contribution < -0.4 is 9.64 Å². The van der Waals surface area contributed by atoms with Crippen molar-refractivity contribution in [1.29, 1.82) is 0 Å². The van der Waals surface area contributed by atoms with Gasteiger partial charge in [-0.15, -0.1) is 0 Å². The van der Waals surface area contributed by atoms with Gasteiger partial charge in [-0.05, 0) is 61.4 Å². The maximum atomic E-state index is 13.2. The molecule has 2 saturated heterocycles. The summed E-state index contributed by atoms with van der Waals surface area (Å²) in [4.78, 5) is 4.17. The van der Waals surface area contributed by atoms with E-state index in [0.717, 1.165) is 5.69 Å². The Balaban J connectivity index is 1.32. The summed E-state index contributed by atoms with van der Waals surface area (Å²) in [5.41, 5.74) is -1.17. The van der Waals surface area contributed by atoms with E-state index in [1.54, 1.807) is 12.1 Å². The quantitative estimate of drug-likeness (QED) is 0.708. The fourth-order valence-electron chi connectivity index (χ4n) is 4.37. The van der Waals surface area contributed by atoms with Crippen molar-refractivity contribution in [1.82, 2.24) is 4.90 Å². The molecule has 4 rings (SSSR count). The molecule has 0 saturated carbocycles. The lowest BCUT2D eigenvalue weighted by Crippen LogP contribution is -2.55. The van der Waals surface area contributed by atoms with Crippen LogP contribution in [0, 0.1) is 11.6 Å². The number of halogens is 2. The molecular formula is C24H30F2N2O4. The van der Waals surface area contributed by atoms with E-state index in [1.165, 1.54) is 36.4 Å². The lowest BCUT2D eigenvalue weighted by atomic mass is 9.90. The highest BCUT2D eigenvalue weighted by atomic mass is 19.1. The highest BCUT2D eigenvalue weighted by molar-refractivity contribution is 5.46. The number of benzene rings is 2. The molecule has 0 unspecified atom stereocenters. The maximum Gasteiger partial charge on any atom is 0.134 e. The van der Waals surface area contributed by atoms with Crippen LogP contribution in [0.15, 0.2) is 48.5 Å². The minimum absolute atomic E-state index is 0.00586. The second-order valence-electron chi connectivity index (χ2n) is 8.92. The third kappa shape index (κ3) is 5.95. The number of aliphatic hydroxyl groups is 2. The molecular weight excluding hydrogens is 418 g/mol. The standard InChI is InChI=1S/C24H30F2N2O4/c25-19-1-5-21(6-2-19)28-11-9-23(29,10-12-28)15-27-13-14-31-17-24(30,16-27)18-32-22-7-3-20(26)4-8-22/h1-8,29-30H,9-18H2/t24-/m1/s1. The van der Waals surface area contributed by atoms with Gasteiger partial charge in [0.1, 0.15) is 29.6 Å². The molecule has 6 nitrogen and oxygen atoms in total. The van der Waals surface area contributed by atoms with Gasteiger partial charge < -0.3 is 24.6 Å². The number of rotatable bonds is 6. The summed E-state index contributed by atoms with van der Waals surface area (Å²) < 4.78 is 37.5. The zero-order valence-corrected chi connectivity index (χ0v) is 18.1. The predicted molar refractivity (Wildman–Crippen MR) is 117 cm³/mol. The first-order chi connectivity index (χ1) is 15.3. The summed E-state index contributed by atoms with van der Waals surface area (Å²) in [5, 5.41) is 22.3. The monoisotopic (exact) mass is 448 g/mol. The summed E-state index contributed by atoms with van der Waals surface area (Å²) in [6.07, 6.45) is 1.15. The number of anilines is 1. The number of piperidine rings is 1. The summed E-state index contributed by atoms with van der Waals surface area (Å²) in [6.45, 7) is 3.26. The molecule has 8 heteroatoms. The summed E-state index contributed by atoms with van der Waals surface area (Å²) in [6, 6.07) is 12.1. The summed E-state index contributed by atoms with van der Waals surface area (Å²) in [5.74, 6) is -0.136. The van der Waals surface area contributed by atoms with E-state index in [2.05, 4.69) is 4.90 Å². The van der Waals surface area contributed by atoms with E-state index in [0.29, 0.717) is 57.9 Å². The SMILES string of the molecule is OC1(CN2CCOC[C@@](O)(COc3ccc(F)cc3)C2)CCN(c2ccc(F)cc2)CC1. The molecule has 2 heterocycles. The Labute approximate surface area is 187 Å². The third-order valence-corrected chi connectivity index (χ3v) is 6.17. The zero-order chi connectivity index (χ0) is 22.6. The second kappa shape index (κ2) is 9.70. The van der Waals surface area contributed by atoms with Crippen molar-refractivity contribution in [2.75, 3.05) is 57.4 Å². The molecule has 2 aliphatic heterocycles. The number of β-amino-alcohol motifs (C(OH)–C–C–N with tert-alkyl or cyclic N) is 2. The van der Waals surface area contributed by atoms with Crippen molar-refractivity contribution in [3.8, 4) is 5.75 Å². The zero-order valence-electron chi connectivity index (χ0n) is 18.1. The first kappa shape index (κ1) is 22.9. The van der Waals surface area contributed by atoms with E-state index in [1.807, 2.05) is 4.90 Å². The average molecular weight is 449 g/mol. The third-order valence-electron chi connectivity index (χ3n) is 6.17. The molecule has 0 amide bonds. The van der Waals surface area contributed by atoms with Crippen LogP contribution in [-0.4, -0.2) is 78.9 Å². The number of ether oxygens (including phenoxy) is 2. The minimum atomic E-state index is -1.24. The Bertz CT molecular complexity index is 873. The topological polar surface area (TPSA) is 65.4 Å². The normalized spacial score (nSPS) is 24.2. The van der Waals surface area contributed by atoms with Crippen molar-refractivity contribution in [2.45, 2.75) is 24.0 Å². The summed E-state index contributed by atoms with van der Waals surface area (Å²) in [7, 11) is 0. The fraction of sp³-hybridized carbons (Fsp3) is 0.500. The largest absolute Gasteiger partial charge is 0.490 e. The molecule has 0 spiro atoms. The first-order valence-electron chi connectivity index (χ1n) is 11.0. The van der Waals surface area contributed by atoms with Crippen LogP contribution in [0.2, 0.25) is 0 Å². The van der Waals surface area contributed by atoms with Gasteiger partial charge in [0.25, 0.3) is 0 Å². The van der Waals surface area contributed by atoms with Gasteiger partial charge in [-0.2, -0.15) is 0 Å². The van der Waals surface area contributed by atoms with Crippen LogP contribution in [0.3, 0.4) is 0 Å². The summed E-state index contributed by atoms with van der Waals surface area (Å²) >= 11 is 0. The van der Waals surface area contributed by atoms with Crippen LogP contribution in [0.5, 0.6) is 5.75 Å². The van der Waals surface area contributed by atoms with E-state index in [9.17, 15) is 19.0 Å². The van der Waals surface area contributed by atoms with Gasteiger partial charge in [-0.3, -0.25) is 4.90 Å². The smallest absolute Gasteiger partial charge is 0.134 e. The van der Waals surface area contributed by atoms with Gasteiger partial charge in [0, 0.05) is 38.4 Å². The Hall–Kier alpha value is -2.26. The second-order valence-corrected chi connectivity index (χ2v) is 8.92. The molecule has 2 N–H and O–H groups in total. The van der Waals surface area contributed by atoms with Crippen LogP contribution in [0.1, 0.15) is 12.8 Å². The van der Waals surface area contributed by atoms with E-state index >= 15 is 0 Å². The van der Waals surface area contributed by atoms with Crippen molar-refractivity contribution in [3.05, 3.63) is 60.2 Å². The number of hydrogen-bond acceptors (Lipinski definition) is 6. The average Bonchev–Trinajstić information content (AvgIpc) is 2.95. The molecule has 1 atom stereocenters. The molecule has 2 aromatic rings. The molecule has 0 aliphatic carbocycles. The van der Waals surface area contributed by atoms with Gasteiger partial charge in [0.2, 0.25) is 0 Å². The molecule has 0 aromatic heterocycles. The van der Waals surface area contributed by atoms with Crippen LogP contribution >= 0.6 is 0 Å². The minimum Gasteiger partial charge on any atom is -0.490 e. The highest BCUT2D eigenvalue weighted by Gasteiger charge is 2.39. The van der Waals surface area contributed by atoms with Crippen molar-refractivity contribution in [2.24, 2.45) is 0 Å². The molecule has 32 heavy (non-hydrogen) atoms. The fourth-order valence-corrected chi connectivity index (χ4v) is 4.37. The number of hydrogen-bond donors (Lipinski definition) is 2. The van der Waals surface area contributed by atoms with Crippen molar-refractivity contribution in [3.63, 3.8) is 0 Å². The molecule has 2 fully saturated rings. The lowest BCUT2D eigenvalue weighted by molar-refractivity contribution is -0.0742. The predicted octanol–water partition coefficient (Wildman–Crippen LogP) is 2.44. The van der Waals surface area contributed by atoms with Crippen molar-refractivity contribution < 1.29 is 28.5 Å². The highest BCUT2D eigenvalue weighted by Crippen LogP contribution is 2.28.